The van der Waals surface area contributed by atoms with Gasteiger partial charge in [0.15, 0.2) is 0 Å². The summed E-state index contributed by atoms with van der Waals surface area (Å²) in [4.78, 5) is 13.1. The van der Waals surface area contributed by atoms with Crippen LogP contribution in [0.5, 0.6) is 0 Å². The van der Waals surface area contributed by atoms with E-state index in [4.69, 9.17) is 13.9 Å². The molecule has 1 aromatic rings. The van der Waals surface area contributed by atoms with E-state index in [0.29, 0.717) is 35.4 Å². The topological polar surface area (TPSA) is 44.8 Å². The molecule has 1 aliphatic carbocycles. The molecule has 30 heavy (non-hydrogen) atoms. The predicted octanol–water partition coefficient (Wildman–Crippen LogP) is 6.47. The molecule has 0 radical (unpaired) electrons. The normalized spacial score (nSPS) is 23.5. The molecule has 0 amide bonds. The molecule has 0 N–H and O–H groups in total. The number of rotatable bonds is 8. The molecule has 0 aromatic heterocycles. The summed E-state index contributed by atoms with van der Waals surface area (Å²) in [5, 5.41) is 0. The third-order valence-corrected chi connectivity index (χ3v) is 13.2. The van der Waals surface area contributed by atoms with Crippen LogP contribution in [0.4, 0.5) is 0 Å². The highest BCUT2D eigenvalue weighted by Gasteiger charge is 2.65. The van der Waals surface area contributed by atoms with Crippen molar-refractivity contribution in [2.24, 2.45) is 0 Å². The molecule has 1 heterocycles. The molecule has 0 saturated heterocycles. The summed E-state index contributed by atoms with van der Waals surface area (Å²) in [6.07, 6.45) is 0.779. The van der Waals surface area contributed by atoms with Gasteiger partial charge in [0.2, 0.25) is 14.1 Å². The van der Waals surface area contributed by atoms with Crippen molar-refractivity contribution in [2.75, 3.05) is 6.61 Å². The first-order valence-electron chi connectivity index (χ1n) is 11.5. The van der Waals surface area contributed by atoms with E-state index in [0.717, 1.165) is 12.0 Å². The van der Waals surface area contributed by atoms with E-state index in [-0.39, 0.29) is 11.9 Å². The van der Waals surface area contributed by atoms with Crippen molar-refractivity contribution in [3.8, 4) is 0 Å². The van der Waals surface area contributed by atoms with E-state index in [1.807, 2.05) is 13.0 Å². The van der Waals surface area contributed by atoms with E-state index in [9.17, 15) is 4.79 Å². The molecule has 0 spiro atoms. The third kappa shape index (κ3) is 3.30. The number of hydrogen-bond donors (Lipinski definition) is 0. The molecule has 2 atom stereocenters. The lowest BCUT2D eigenvalue weighted by molar-refractivity contribution is -0.213. The molecule has 2 aliphatic rings. The number of benzene rings is 1. The van der Waals surface area contributed by atoms with Gasteiger partial charge in [0.25, 0.3) is 0 Å². The molecular weight excluding hydrogens is 392 g/mol. The zero-order valence-corrected chi connectivity index (χ0v) is 20.9. The van der Waals surface area contributed by atoms with Gasteiger partial charge in [0.05, 0.1) is 24.7 Å². The number of fused-ring (bicyclic) bond motifs is 3. The second kappa shape index (κ2) is 8.60. The second-order valence-corrected chi connectivity index (χ2v) is 14.9. The minimum Gasteiger partial charge on any atom is -0.462 e. The van der Waals surface area contributed by atoms with E-state index < -0.39 is 14.1 Å². The average molecular weight is 431 g/mol. The lowest BCUT2D eigenvalue weighted by Gasteiger charge is -2.58. The van der Waals surface area contributed by atoms with Crippen molar-refractivity contribution < 1.29 is 18.7 Å². The monoisotopic (exact) mass is 430 g/mol. The Hall–Kier alpha value is -1.43. The SMILES string of the molecule is CCOC(=O)C1=C(CC)[C@H]2c3ccccc3CO[C@@]12O[Si](C(C)C)(C(C)C)C(C)C. The van der Waals surface area contributed by atoms with Gasteiger partial charge in [-0.2, -0.15) is 0 Å². The predicted molar refractivity (Wildman–Crippen MR) is 123 cm³/mol. The van der Waals surface area contributed by atoms with Crippen molar-refractivity contribution in [2.45, 2.75) is 96.7 Å². The van der Waals surface area contributed by atoms with Crippen LogP contribution in [-0.2, 0) is 25.3 Å². The zero-order valence-electron chi connectivity index (χ0n) is 19.9. The summed E-state index contributed by atoms with van der Waals surface area (Å²) < 4.78 is 19.3. The van der Waals surface area contributed by atoms with Gasteiger partial charge in [-0.05, 0) is 46.7 Å². The van der Waals surface area contributed by atoms with Crippen LogP contribution in [0.15, 0.2) is 35.4 Å². The summed E-state index contributed by atoms with van der Waals surface area (Å²) in [7, 11) is -2.32. The number of hydrogen-bond acceptors (Lipinski definition) is 4. The fourth-order valence-corrected chi connectivity index (χ4v) is 11.5. The zero-order chi connectivity index (χ0) is 22.3. The Kier molecular flexibility index (Phi) is 6.66. The van der Waals surface area contributed by atoms with Gasteiger partial charge in [0, 0.05) is 0 Å². The van der Waals surface area contributed by atoms with Gasteiger partial charge >= 0.3 is 5.97 Å². The maximum absolute atomic E-state index is 13.1. The standard InChI is InChI=1S/C25H38O4Si/c1-9-20-22-21-14-12-11-13-19(21)15-28-25(22,23(20)24(26)27-10-2)29-30(16(3)4,17(5)6)18(7)8/h11-14,16-18,22H,9-10,15H2,1-8H3/t22-,25-/m0/s1. The molecule has 0 saturated carbocycles. The maximum Gasteiger partial charge on any atom is 0.339 e. The first-order chi connectivity index (χ1) is 14.2. The average Bonchev–Trinajstić information content (AvgIpc) is 2.67. The summed E-state index contributed by atoms with van der Waals surface area (Å²) in [5.74, 6) is -1.36. The Morgan fingerprint density at radius 1 is 1.10 bits per heavy atom. The van der Waals surface area contributed by atoms with E-state index in [1.54, 1.807) is 0 Å². The first-order valence-corrected chi connectivity index (χ1v) is 13.6. The molecule has 0 unspecified atom stereocenters. The van der Waals surface area contributed by atoms with Crippen LogP contribution in [0.2, 0.25) is 16.6 Å². The molecule has 0 bridgehead atoms. The summed E-state index contributed by atoms with van der Waals surface area (Å²) in [6, 6.07) is 8.41. The van der Waals surface area contributed by atoms with Crippen LogP contribution in [0.25, 0.3) is 0 Å². The van der Waals surface area contributed by atoms with Crippen LogP contribution in [-0.4, -0.2) is 26.7 Å². The maximum atomic E-state index is 13.1. The van der Waals surface area contributed by atoms with Crippen LogP contribution < -0.4 is 0 Å². The molecule has 0 fully saturated rings. The van der Waals surface area contributed by atoms with Gasteiger partial charge in [-0.15, -0.1) is 0 Å². The van der Waals surface area contributed by atoms with Gasteiger partial charge in [-0.1, -0.05) is 72.7 Å². The van der Waals surface area contributed by atoms with Crippen molar-refractivity contribution in [1.29, 1.82) is 0 Å². The van der Waals surface area contributed by atoms with Crippen molar-refractivity contribution in [3.63, 3.8) is 0 Å². The van der Waals surface area contributed by atoms with Gasteiger partial charge < -0.3 is 13.9 Å². The number of carbonyl (C=O) groups is 1. The number of esters is 1. The third-order valence-electron chi connectivity index (χ3n) is 7.10. The minimum absolute atomic E-state index is 0.0463. The van der Waals surface area contributed by atoms with Gasteiger partial charge in [0.1, 0.15) is 0 Å². The summed E-state index contributed by atoms with van der Waals surface area (Å²) >= 11 is 0. The van der Waals surface area contributed by atoms with E-state index in [1.165, 1.54) is 11.1 Å². The van der Waals surface area contributed by atoms with Gasteiger partial charge in [-0.3, -0.25) is 0 Å². The highest BCUT2D eigenvalue weighted by Crippen LogP contribution is 2.61. The second-order valence-electron chi connectivity index (χ2n) is 9.48. The largest absolute Gasteiger partial charge is 0.462 e. The first kappa shape index (κ1) is 23.2. The molecule has 5 heteroatoms. The Balaban J connectivity index is 2.22. The number of carbonyl (C=O) groups excluding carboxylic acids is 1. The minimum atomic E-state index is -2.32. The Labute approximate surface area is 183 Å². The lowest BCUT2D eigenvalue weighted by atomic mass is 9.65. The lowest BCUT2D eigenvalue weighted by Crippen LogP contribution is -2.64. The van der Waals surface area contributed by atoms with E-state index in [2.05, 4.69) is 66.7 Å². The summed E-state index contributed by atoms with van der Waals surface area (Å²) in [6.45, 7) is 18.3. The van der Waals surface area contributed by atoms with Crippen LogP contribution in [0.3, 0.4) is 0 Å². The Morgan fingerprint density at radius 3 is 2.23 bits per heavy atom. The van der Waals surface area contributed by atoms with Gasteiger partial charge in [-0.25, -0.2) is 4.79 Å². The smallest absolute Gasteiger partial charge is 0.339 e. The quantitative estimate of drug-likeness (QED) is 0.350. The summed E-state index contributed by atoms with van der Waals surface area (Å²) in [5.41, 5.74) is 5.30. The van der Waals surface area contributed by atoms with E-state index >= 15 is 0 Å². The molecule has 1 aromatic carbocycles. The van der Waals surface area contributed by atoms with Crippen LogP contribution in [0, 0.1) is 0 Å². The van der Waals surface area contributed by atoms with Crippen molar-refractivity contribution >= 4 is 14.3 Å². The molecule has 3 rings (SSSR count). The number of ether oxygens (including phenoxy) is 2. The molecule has 1 aliphatic heterocycles. The molecular formula is C25H38O4Si. The van der Waals surface area contributed by atoms with Crippen molar-refractivity contribution in [1.82, 2.24) is 0 Å². The van der Waals surface area contributed by atoms with Crippen molar-refractivity contribution in [3.05, 3.63) is 46.5 Å². The fourth-order valence-electron chi connectivity index (χ4n) is 5.96. The highest BCUT2D eigenvalue weighted by atomic mass is 28.4. The Morgan fingerprint density at radius 2 is 1.70 bits per heavy atom. The Bertz CT molecular complexity index is 804. The molecule has 4 nitrogen and oxygen atoms in total. The fraction of sp³-hybridized carbons (Fsp3) is 0.640. The molecule has 166 valence electrons. The van der Waals surface area contributed by atoms with Crippen LogP contribution >= 0.6 is 0 Å². The van der Waals surface area contributed by atoms with Crippen LogP contribution in [0.1, 0.15) is 78.9 Å². The highest BCUT2D eigenvalue weighted by molar-refractivity contribution is 6.77.